The maximum atomic E-state index is 6.03. The Morgan fingerprint density at radius 3 is 2.89 bits per heavy atom. The molecule has 8 heteroatoms. The van der Waals surface area contributed by atoms with Gasteiger partial charge in [-0.3, -0.25) is 0 Å². The fourth-order valence-electron chi connectivity index (χ4n) is 1.41. The van der Waals surface area contributed by atoms with Crippen LogP contribution in [0.2, 0.25) is 5.02 Å². The van der Waals surface area contributed by atoms with Crippen molar-refractivity contribution in [3.8, 4) is 0 Å². The van der Waals surface area contributed by atoms with Crippen molar-refractivity contribution in [2.24, 2.45) is 0 Å². The molecule has 2 heterocycles. The third-order valence-corrected chi connectivity index (χ3v) is 2.60. The molecule has 0 aliphatic heterocycles. The molecule has 0 aromatic carbocycles. The Labute approximate surface area is 115 Å². The predicted molar refractivity (Wildman–Crippen MR) is 72.3 cm³/mol. The van der Waals surface area contributed by atoms with Crippen molar-refractivity contribution in [2.45, 2.75) is 19.8 Å². The molecule has 19 heavy (non-hydrogen) atoms. The van der Waals surface area contributed by atoms with E-state index in [9.17, 15) is 0 Å². The Kier molecular flexibility index (Phi) is 4.91. The topological polar surface area (TPSA) is 88.8 Å². The van der Waals surface area contributed by atoms with Crippen molar-refractivity contribution in [1.82, 2.24) is 20.1 Å². The van der Waals surface area contributed by atoms with Gasteiger partial charge in [-0.05, 0) is 6.42 Å². The lowest BCUT2D eigenvalue weighted by atomic mass is 10.4. The Bertz CT molecular complexity index is 504. The zero-order valence-corrected chi connectivity index (χ0v) is 11.3. The van der Waals surface area contributed by atoms with Crippen molar-refractivity contribution >= 4 is 23.4 Å². The summed E-state index contributed by atoms with van der Waals surface area (Å²) in [7, 11) is 0. The third kappa shape index (κ3) is 4.06. The zero-order chi connectivity index (χ0) is 13.5. The summed E-state index contributed by atoms with van der Waals surface area (Å²) in [6.07, 6.45) is 4.52. The van der Waals surface area contributed by atoms with E-state index in [4.69, 9.17) is 11.6 Å². The van der Waals surface area contributed by atoms with Crippen LogP contribution in [-0.4, -0.2) is 33.2 Å². The van der Waals surface area contributed by atoms with Gasteiger partial charge in [-0.25, -0.2) is 4.98 Å². The average molecular weight is 283 g/mol. The molecule has 0 atom stereocenters. The number of anilines is 2. The lowest BCUT2D eigenvalue weighted by Gasteiger charge is -2.08. The molecule has 0 bridgehead atoms. The highest BCUT2D eigenvalue weighted by Crippen LogP contribution is 2.19. The summed E-state index contributed by atoms with van der Waals surface area (Å²) in [4.78, 5) is 12.3. The van der Waals surface area contributed by atoms with Gasteiger partial charge in [0.05, 0.1) is 6.20 Å². The summed E-state index contributed by atoms with van der Waals surface area (Å²) in [6.45, 7) is 3.51. The number of hydrogen-bond donors (Lipinski definition) is 2. The first kappa shape index (κ1) is 13.5. The minimum atomic E-state index is 0.482. The number of rotatable bonds is 7. The van der Waals surface area contributed by atoms with E-state index in [-0.39, 0.29) is 0 Å². The van der Waals surface area contributed by atoms with Gasteiger partial charge in [0, 0.05) is 19.5 Å². The van der Waals surface area contributed by atoms with Crippen LogP contribution < -0.4 is 10.6 Å². The summed E-state index contributed by atoms with van der Waals surface area (Å²) >= 11 is 6.03. The highest BCUT2D eigenvalue weighted by molar-refractivity contribution is 6.32. The fraction of sp³-hybridized carbons (Fsp3) is 0.455. The van der Waals surface area contributed by atoms with E-state index in [2.05, 4.69) is 42.2 Å². The smallest absolute Gasteiger partial charge is 0.224 e. The summed E-state index contributed by atoms with van der Waals surface area (Å²) in [6, 6.07) is 0. The van der Waals surface area contributed by atoms with Crippen molar-refractivity contribution in [2.75, 3.05) is 23.7 Å². The van der Waals surface area contributed by atoms with E-state index in [1.54, 1.807) is 6.20 Å². The lowest BCUT2D eigenvalue weighted by Crippen LogP contribution is -2.10. The first-order valence-electron chi connectivity index (χ1n) is 6.05. The van der Waals surface area contributed by atoms with Gasteiger partial charge < -0.3 is 15.2 Å². The number of nitrogens with zero attached hydrogens (tertiary/aromatic N) is 4. The first-order chi connectivity index (χ1) is 9.29. The minimum absolute atomic E-state index is 0.482. The summed E-state index contributed by atoms with van der Waals surface area (Å²) < 4.78 is 4.65. The quantitative estimate of drug-likeness (QED) is 0.803. The molecule has 0 spiro atoms. The van der Waals surface area contributed by atoms with Crippen LogP contribution in [0.25, 0.3) is 0 Å². The van der Waals surface area contributed by atoms with E-state index in [1.165, 1.54) is 6.39 Å². The van der Waals surface area contributed by atoms with Crippen LogP contribution in [0.3, 0.4) is 0 Å². The number of hydrogen-bond acceptors (Lipinski definition) is 7. The molecule has 0 aliphatic rings. The van der Waals surface area contributed by atoms with E-state index in [0.717, 1.165) is 13.0 Å². The number of halogens is 1. The molecule has 0 amide bonds. The van der Waals surface area contributed by atoms with Crippen LogP contribution in [0.1, 0.15) is 19.2 Å². The molecule has 0 saturated carbocycles. The molecule has 7 nitrogen and oxygen atoms in total. The second kappa shape index (κ2) is 6.89. The highest BCUT2D eigenvalue weighted by Gasteiger charge is 2.05. The van der Waals surface area contributed by atoms with Gasteiger partial charge in [-0.2, -0.15) is 9.97 Å². The van der Waals surface area contributed by atoms with Gasteiger partial charge in [0.2, 0.25) is 12.3 Å². The number of aromatic nitrogens is 4. The van der Waals surface area contributed by atoms with Gasteiger partial charge in [0.15, 0.2) is 5.82 Å². The molecule has 2 aromatic rings. The Hall–Kier alpha value is -1.89. The fourth-order valence-corrected chi connectivity index (χ4v) is 1.57. The summed E-state index contributed by atoms with van der Waals surface area (Å²) in [5.74, 6) is 1.80. The molecule has 0 aliphatic carbocycles. The molecule has 2 aromatic heterocycles. The Balaban J connectivity index is 1.90. The van der Waals surface area contributed by atoms with Crippen molar-refractivity contribution in [3.63, 3.8) is 0 Å². The molecule has 2 N–H and O–H groups in total. The Morgan fingerprint density at radius 2 is 2.16 bits per heavy atom. The molecule has 0 unspecified atom stereocenters. The maximum Gasteiger partial charge on any atom is 0.224 e. The lowest BCUT2D eigenvalue weighted by molar-refractivity contribution is 0.410. The standard InChI is InChI=1S/C11H15ClN6O/c1-2-4-14-11-15-6-8(12)10(17-11)13-5-3-9-16-7-19-18-9/h6-7H,2-5H2,1H3,(H2,13,14,15,17). The van der Waals surface area contributed by atoms with Crippen LogP contribution in [0.15, 0.2) is 17.1 Å². The van der Waals surface area contributed by atoms with Crippen LogP contribution in [0, 0.1) is 0 Å². The van der Waals surface area contributed by atoms with Gasteiger partial charge in [0.25, 0.3) is 0 Å². The largest absolute Gasteiger partial charge is 0.368 e. The van der Waals surface area contributed by atoms with E-state index < -0.39 is 0 Å². The van der Waals surface area contributed by atoms with Crippen LogP contribution in [-0.2, 0) is 6.42 Å². The summed E-state index contributed by atoms with van der Waals surface area (Å²) in [5.41, 5.74) is 0. The van der Waals surface area contributed by atoms with Crippen LogP contribution in [0.5, 0.6) is 0 Å². The second-order valence-electron chi connectivity index (χ2n) is 3.84. The van der Waals surface area contributed by atoms with Gasteiger partial charge in [0.1, 0.15) is 10.8 Å². The minimum Gasteiger partial charge on any atom is -0.368 e. The van der Waals surface area contributed by atoms with Gasteiger partial charge in [-0.15, -0.1) is 0 Å². The average Bonchev–Trinajstić information content (AvgIpc) is 2.92. The molecule has 0 fully saturated rings. The SMILES string of the molecule is CCCNc1ncc(Cl)c(NCCc2ncon2)n1. The van der Waals surface area contributed by atoms with E-state index in [0.29, 0.717) is 35.6 Å². The third-order valence-electron chi connectivity index (χ3n) is 2.33. The highest BCUT2D eigenvalue weighted by atomic mass is 35.5. The van der Waals surface area contributed by atoms with Crippen LogP contribution in [0.4, 0.5) is 11.8 Å². The van der Waals surface area contributed by atoms with Gasteiger partial charge in [-0.1, -0.05) is 23.7 Å². The first-order valence-corrected chi connectivity index (χ1v) is 6.43. The Morgan fingerprint density at radius 1 is 1.26 bits per heavy atom. The maximum absolute atomic E-state index is 6.03. The molecular weight excluding hydrogens is 268 g/mol. The predicted octanol–water partition coefficient (Wildman–Crippen LogP) is 1.99. The molecular formula is C11H15ClN6O. The van der Waals surface area contributed by atoms with Crippen molar-refractivity contribution in [3.05, 3.63) is 23.4 Å². The normalized spacial score (nSPS) is 10.4. The molecule has 2 rings (SSSR count). The number of nitrogens with one attached hydrogen (secondary N) is 2. The van der Waals surface area contributed by atoms with E-state index in [1.807, 2.05) is 0 Å². The second-order valence-corrected chi connectivity index (χ2v) is 4.25. The zero-order valence-electron chi connectivity index (χ0n) is 10.6. The van der Waals surface area contributed by atoms with E-state index >= 15 is 0 Å². The molecule has 0 saturated heterocycles. The molecule has 0 radical (unpaired) electrons. The van der Waals surface area contributed by atoms with Gasteiger partial charge >= 0.3 is 0 Å². The molecule has 102 valence electrons. The summed E-state index contributed by atoms with van der Waals surface area (Å²) in [5, 5.41) is 10.4. The monoisotopic (exact) mass is 282 g/mol. The van der Waals surface area contributed by atoms with Crippen molar-refractivity contribution < 1.29 is 4.52 Å². The van der Waals surface area contributed by atoms with Crippen molar-refractivity contribution in [1.29, 1.82) is 0 Å². The van der Waals surface area contributed by atoms with Crippen LogP contribution >= 0.6 is 11.6 Å².